The second-order valence-corrected chi connectivity index (χ2v) is 9.65. The Hall–Kier alpha value is -4.61. The van der Waals surface area contributed by atoms with E-state index in [1.54, 1.807) is 48.8 Å². The third-order valence-corrected chi connectivity index (χ3v) is 6.92. The van der Waals surface area contributed by atoms with E-state index in [0.29, 0.717) is 21.4 Å². The summed E-state index contributed by atoms with van der Waals surface area (Å²) in [5.41, 5.74) is 5.62. The van der Waals surface area contributed by atoms with E-state index in [1.807, 2.05) is 29.0 Å². The van der Waals surface area contributed by atoms with Crippen molar-refractivity contribution in [2.45, 2.75) is 0 Å². The minimum atomic E-state index is -0.397. The molecule has 5 rings (SSSR count). The van der Waals surface area contributed by atoms with Crippen molar-refractivity contribution in [3.05, 3.63) is 88.9 Å². The number of methoxy groups -OCH3 is 2. The number of hydrogen-bond donors (Lipinski definition) is 2. The SMILES string of the molecule is COC(=O)c1cccc(Nc2nc(-c3cncc(-c4csc(Nc5cccc(C(=O)OC)c5)n4)c3)cs2)c1. The Morgan fingerprint density at radius 1 is 0.711 bits per heavy atom. The van der Waals surface area contributed by atoms with Gasteiger partial charge in [0.05, 0.1) is 36.7 Å². The lowest BCUT2D eigenvalue weighted by atomic mass is 10.1. The maximum absolute atomic E-state index is 11.8. The molecule has 0 aliphatic rings. The van der Waals surface area contributed by atoms with Gasteiger partial charge < -0.3 is 20.1 Å². The standard InChI is InChI=1S/C27H21N5O4S2/c1-35-24(33)16-5-3-7-20(10-16)29-26-31-22(14-37-26)18-9-19(13-28-12-18)23-15-38-27(32-23)30-21-8-4-6-17(11-21)25(34)36-2/h3-15H,1-2H3,(H,29,31)(H,30,32). The molecule has 0 unspecified atom stereocenters. The monoisotopic (exact) mass is 543 g/mol. The maximum Gasteiger partial charge on any atom is 0.337 e. The Labute approximate surface area is 226 Å². The minimum Gasteiger partial charge on any atom is -0.465 e. The van der Waals surface area contributed by atoms with Crippen molar-refractivity contribution < 1.29 is 19.1 Å². The summed E-state index contributed by atoms with van der Waals surface area (Å²) in [6, 6.07) is 16.1. The number of aromatic nitrogens is 3. The molecule has 2 N–H and O–H groups in total. The zero-order chi connectivity index (χ0) is 26.5. The van der Waals surface area contributed by atoms with Gasteiger partial charge in [-0.1, -0.05) is 12.1 Å². The second kappa shape index (κ2) is 11.2. The van der Waals surface area contributed by atoms with E-state index in [-0.39, 0.29) is 0 Å². The number of carbonyl (C=O) groups excluding carboxylic acids is 2. The van der Waals surface area contributed by atoms with Crippen molar-refractivity contribution in [2.75, 3.05) is 24.9 Å². The van der Waals surface area contributed by atoms with Gasteiger partial charge in [-0.2, -0.15) is 0 Å². The topological polar surface area (TPSA) is 115 Å². The highest BCUT2D eigenvalue weighted by Gasteiger charge is 2.12. The second-order valence-electron chi connectivity index (χ2n) is 7.93. The number of benzene rings is 2. The normalized spacial score (nSPS) is 10.6. The van der Waals surface area contributed by atoms with Gasteiger partial charge in [0, 0.05) is 45.7 Å². The third kappa shape index (κ3) is 5.69. The van der Waals surface area contributed by atoms with Crippen LogP contribution in [0.25, 0.3) is 22.5 Å². The number of esters is 2. The van der Waals surface area contributed by atoms with Crippen molar-refractivity contribution in [3.63, 3.8) is 0 Å². The van der Waals surface area contributed by atoms with Gasteiger partial charge in [-0.25, -0.2) is 19.6 Å². The quantitative estimate of drug-likeness (QED) is 0.215. The Morgan fingerprint density at radius 2 is 1.18 bits per heavy atom. The third-order valence-electron chi connectivity index (χ3n) is 5.41. The van der Waals surface area contributed by atoms with E-state index in [9.17, 15) is 9.59 Å². The van der Waals surface area contributed by atoms with Crippen molar-refractivity contribution in [1.29, 1.82) is 0 Å². The zero-order valence-corrected chi connectivity index (χ0v) is 21.9. The van der Waals surface area contributed by atoms with Crippen molar-refractivity contribution in [3.8, 4) is 22.5 Å². The number of hydrogen-bond acceptors (Lipinski definition) is 11. The minimum absolute atomic E-state index is 0.397. The highest BCUT2D eigenvalue weighted by molar-refractivity contribution is 7.14. The fourth-order valence-electron chi connectivity index (χ4n) is 3.58. The molecule has 190 valence electrons. The van der Waals surface area contributed by atoms with Gasteiger partial charge in [0.1, 0.15) is 0 Å². The summed E-state index contributed by atoms with van der Waals surface area (Å²) in [4.78, 5) is 37.4. The fraction of sp³-hybridized carbons (Fsp3) is 0.0741. The number of rotatable bonds is 8. The van der Waals surface area contributed by atoms with Crippen LogP contribution in [0.2, 0.25) is 0 Å². The number of nitrogens with one attached hydrogen (secondary N) is 2. The molecule has 0 amide bonds. The summed E-state index contributed by atoms with van der Waals surface area (Å²) in [5.74, 6) is -0.794. The van der Waals surface area contributed by atoms with E-state index in [2.05, 4.69) is 25.6 Å². The lowest BCUT2D eigenvalue weighted by Gasteiger charge is -2.05. The highest BCUT2D eigenvalue weighted by Crippen LogP contribution is 2.31. The highest BCUT2D eigenvalue weighted by atomic mass is 32.1. The number of thiazole rings is 2. The van der Waals surface area contributed by atoms with Gasteiger partial charge in [0.25, 0.3) is 0 Å². The number of anilines is 4. The van der Waals surface area contributed by atoms with E-state index >= 15 is 0 Å². The molecule has 0 atom stereocenters. The van der Waals surface area contributed by atoms with Crippen molar-refractivity contribution in [2.24, 2.45) is 0 Å². The molecular formula is C27H21N5O4S2. The van der Waals surface area contributed by atoms with Crippen molar-refractivity contribution in [1.82, 2.24) is 15.0 Å². The van der Waals surface area contributed by atoms with Crippen LogP contribution in [0.1, 0.15) is 20.7 Å². The average Bonchev–Trinajstić information content (AvgIpc) is 3.62. The van der Waals surface area contributed by atoms with Gasteiger partial charge in [0.15, 0.2) is 10.3 Å². The first-order chi connectivity index (χ1) is 18.5. The number of ether oxygens (including phenoxy) is 2. The average molecular weight is 544 g/mol. The van der Waals surface area contributed by atoms with Crippen LogP contribution in [0.3, 0.4) is 0 Å². The Bertz CT molecular complexity index is 1500. The van der Waals surface area contributed by atoms with Crippen LogP contribution in [-0.2, 0) is 9.47 Å². The first kappa shape index (κ1) is 25.1. The Kier molecular flexibility index (Phi) is 7.38. The summed E-state index contributed by atoms with van der Waals surface area (Å²) in [7, 11) is 2.71. The van der Waals surface area contributed by atoms with E-state index < -0.39 is 11.9 Å². The van der Waals surface area contributed by atoms with Crippen LogP contribution in [0.15, 0.2) is 77.8 Å². The molecule has 0 bridgehead atoms. The van der Waals surface area contributed by atoms with E-state index in [1.165, 1.54) is 36.9 Å². The lowest BCUT2D eigenvalue weighted by Crippen LogP contribution is -2.01. The summed E-state index contributed by atoms with van der Waals surface area (Å²) >= 11 is 2.90. The summed E-state index contributed by atoms with van der Waals surface area (Å²) in [6.07, 6.45) is 3.51. The predicted octanol–water partition coefficient (Wildman–Crippen LogP) is 6.39. The largest absolute Gasteiger partial charge is 0.465 e. The summed E-state index contributed by atoms with van der Waals surface area (Å²) < 4.78 is 9.58. The molecule has 0 spiro atoms. The molecule has 0 aliphatic heterocycles. The molecule has 9 nitrogen and oxygen atoms in total. The van der Waals surface area contributed by atoms with Crippen LogP contribution in [-0.4, -0.2) is 41.1 Å². The van der Waals surface area contributed by atoms with Crippen LogP contribution in [0, 0.1) is 0 Å². The predicted molar refractivity (Wildman–Crippen MR) is 149 cm³/mol. The number of pyridine rings is 1. The molecular weight excluding hydrogens is 522 g/mol. The Balaban J connectivity index is 1.31. The molecule has 0 radical (unpaired) electrons. The van der Waals surface area contributed by atoms with E-state index in [4.69, 9.17) is 9.47 Å². The fourth-order valence-corrected chi connectivity index (χ4v) is 5.06. The first-order valence-electron chi connectivity index (χ1n) is 11.3. The molecule has 3 heterocycles. The van der Waals surface area contributed by atoms with Crippen LogP contribution in [0.5, 0.6) is 0 Å². The zero-order valence-electron chi connectivity index (χ0n) is 20.3. The van der Waals surface area contributed by atoms with Gasteiger partial charge in [-0.05, 0) is 42.5 Å². The smallest absolute Gasteiger partial charge is 0.337 e. The molecule has 5 aromatic rings. The lowest BCUT2D eigenvalue weighted by molar-refractivity contribution is 0.0592. The molecule has 11 heteroatoms. The van der Waals surface area contributed by atoms with E-state index in [0.717, 1.165) is 33.9 Å². The number of carbonyl (C=O) groups is 2. The summed E-state index contributed by atoms with van der Waals surface area (Å²) in [5, 5.41) is 11.7. The van der Waals surface area contributed by atoms with Crippen LogP contribution >= 0.6 is 22.7 Å². The van der Waals surface area contributed by atoms with Gasteiger partial charge in [0.2, 0.25) is 0 Å². The molecule has 0 saturated carbocycles. The number of nitrogens with zero attached hydrogens (tertiary/aromatic N) is 3. The molecule has 0 saturated heterocycles. The summed E-state index contributed by atoms with van der Waals surface area (Å²) in [6.45, 7) is 0. The Morgan fingerprint density at radius 3 is 1.63 bits per heavy atom. The van der Waals surface area contributed by atoms with Gasteiger partial charge >= 0.3 is 11.9 Å². The molecule has 2 aromatic carbocycles. The van der Waals surface area contributed by atoms with Gasteiger partial charge in [-0.15, -0.1) is 22.7 Å². The maximum atomic E-state index is 11.8. The van der Waals surface area contributed by atoms with Crippen LogP contribution in [0.4, 0.5) is 21.6 Å². The first-order valence-corrected chi connectivity index (χ1v) is 13.1. The van der Waals surface area contributed by atoms with Crippen molar-refractivity contribution >= 4 is 56.3 Å². The molecule has 0 fully saturated rings. The molecule has 38 heavy (non-hydrogen) atoms. The molecule has 0 aliphatic carbocycles. The van der Waals surface area contributed by atoms with Gasteiger partial charge in [-0.3, -0.25) is 4.98 Å². The molecule has 3 aromatic heterocycles. The van der Waals surface area contributed by atoms with Crippen LogP contribution < -0.4 is 10.6 Å².